The van der Waals surface area contributed by atoms with Crippen LogP contribution in [-0.2, 0) is 4.79 Å². The van der Waals surface area contributed by atoms with Gasteiger partial charge in [-0.2, -0.15) is 8.78 Å². The average Bonchev–Trinajstić information content (AvgIpc) is 2.17. The predicted octanol–water partition coefficient (Wildman–Crippen LogP) is 2.17. The molecule has 6 heteroatoms. The number of benzene rings is 1. The number of carboxylic acids is 1. The second-order valence-corrected chi connectivity index (χ2v) is 3.87. The molecule has 82 valence electrons. The number of carboxylic acid groups (broad SMARTS) is 1. The van der Waals surface area contributed by atoms with Crippen LogP contribution < -0.4 is 5.73 Å². The Morgan fingerprint density at radius 3 is 2.27 bits per heavy atom. The number of hydrogen-bond acceptors (Lipinski definition) is 2. The molecule has 1 rings (SSSR count). The van der Waals surface area contributed by atoms with E-state index in [4.69, 9.17) is 10.8 Å². The van der Waals surface area contributed by atoms with Gasteiger partial charge in [0.25, 0.3) is 0 Å². The molecule has 0 spiro atoms. The summed E-state index contributed by atoms with van der Waals surface area (Å²) in [6.45, 7) is 0. The molecule has 0 saturated heterocycles. The fourth-order valence-electron chi connectivity index (χ4n) is 1.01. The summed E-state index contributed by atoms with van der Waals surface area (Å²) in [6.07, 6.45) is 0. The van der Waals surface area contributed by atoms with Crippen LogP contribution >= 0.6 is 15.9 Å². The average molecular weight is 280 g/mol. The zero-order valence-corrected chi connectivity index (χ0v) is 9.04. The third-order valence-electron chi connectivity index (χ3n) is 1.90. The van der Waals surface area contributed by atoms with Crippen molar-refractivity contribution in [2.24, 2.45) is 5.73 Å². The second-order valence-electron chi connectivity index (χ2n) is 2.96. The molecule has 1 atom stereocenters. The van der Waals surface area contributed by atoms with E-state index in [1.807, 2.05) is 0 Å². The Labute approximate surface area is 93.0 Å². The fraction of sp³-hybridized carbons (Fsp3) is 0.222. The number of hydrogen-bond donors (Lipinski definition) is 2. The van der Waals surface area contributed by atoms with Gasteiger partial charge in [0, 0.05) is 4.47 Å². The first-order chi connectivity index (χ1) is 6.85. The molecule has 0 heterocycles. The zero-order chi connectivity index (χ0) is 11.6. The SMILES string of the molecule is NC(c1ccc(Br)cc1)C(F)(F)C(=O)O. The van der Waals surface area contributed by atoms with Gasteiger partial charge in [-0.25, -0.2) is 4.79 Å². The first-order valence-corrected chi connectivity index (χ1v) is 4.77. The zero-order valence-electron chi connectivity index (χ0n) is 7.45. The van der Waals surface area contributed by atoms with Crippen molar-refractivity contribution in [1.82, 2.24) is 0 Å². The van der Waals surface area contributed by atoms with Crippen molar-refractivity contribution in [1.29, 1.82) is 0 Å². The second kappa shape index (κ2) is 4.24. The molecule has 0 amide bonds. The highest BCUT2D eigenvalue weighted by molar-refractivity contribution is 9.10. The predicted molar refractivity (Wildman–Crippen MR) is 53.7 cm³/mol. The van der Waals surface area contributed by atoms with Crippen molar-refractivity contribution >= 4 is 21.9 Å². The van der Waals surface area contributed by atoms with Gasteiger partial charge in [-0.1, -0.05) is 28.1 Å². The van der Waals surface area contributed by atoms with Crippen LogP contribution in [0.1, 0.15) is 11.6 Å². The highest BCUT2D eigenvalue weighted by Crippen LogP contribution is 2.30. The minimum atomic E-state index is -3.96. The minimum Gasteiger partial charge on any atom is -0.477 e. The molecule has 1 aromatic rings. The third-order valence-corrected chi connectivity index (χ3v) is 2.43. The van der Waals surface area contributed by atoms with Crippen LogP contribution in [-0.4, -0.2) is 17.0 Å². The summed E-state index contributed by atoms with van der Waals surface area (Å²) in [5.74, 6) is -6.19. The highest BCUT2D eigenvalue weighted by Gasteiger charge is 2.46. The van der Waals surface area contributed by atoms with E-state index in [9.17, 15) is 13.6 Å². The van der Waals surface area contributed by atoms with Crippen LogP contribution in [0.15, 0.2) is 28.7 Å². The molecule has 0 aliphatic rings. The summed E-state index contributed by atoms with van der Waals surface area (Å²) < 4.78 is 26.7. The first-order valence-electron chi connectivity index (χ1n) is 3.98. The summed E-state index contributed by atoms with van der Waals surface area (Å²) in [4.78, 5) is 10.3. The van der Waals surface area contributed by atoms with Crippen molar-refractivity contribution < 1.29 is 18.7 Å². The van der Waals surface area contributed by atoms with Crippen LogP contribution in [0, 0.1) is 0 Å². The molecule has 0 aliphatic heterocycles. The van der Waals surface area contributed by atoms with E-state index in [-0.39, 0.29) is 5.56 Å². The van der Waals surface area contributed by atoms with Gasteiger partial charge >= 0.3 is 11.9 Å². The maximum Gasteiger partial charge on any atom is 0.376 e. The van der Waals surface area contributed by atoms with Crippen molar-refractivity contribution in [3.05, 3.63) is 34.3 Å². The van der Waals surface area contributed by atoms with Crippen LogP contribution in [0.5, 0.6) is 0 Å². The lowest BCUT2D eigenvalue weighted by Crippen LogP contribution is -2.40. The number of halogens is 3. The molecule has 0 bridgehead atoms. The summed E-state index contributed by atoms with van der Waals surface area (Å²) in [5.41, 5.74) is 5.25. The number of aliphatic carboxylic acids is 1. The van der Waals surface area contributed by atoms with E-state index in [0.29, 0.717) is 4.47 Å². The molecule has 0 aliphatic carbocycles. The van der Waals surface area contributed by atoms with E-state index in [1.165, 1.54) is 24.3 Å². The maximum absolute atomic E-state index is 13.0. The van der Waals surface area contributed by atoms with E-state index < -0.39 is 17.9 Å². The molecule has 0 saturated carbocycles. The van der Waals surface area contributed by atoms with Crippen LogP contribution in [0.2, 0.25) is 0 Å². The standard InChI is InChI=1S/C9H8BrF2NO2/c10-6-3-1-5(2-4-6)7(13)9(11,12)8(14)15/h1-4,7H,13H2,(H,14,15). The summed E-state index contributed by atoms with van der Waals surface area (Å²) >= 11 is 3.13. The van der Waals surface area contributed by atoms with Gasteiger partial charge in [0.1, 0.15) is 6.04 Å². The molecule has 1 unspecified atom stereocenters. The maximum atomic E-state index is 13.0. The molecule has 3 nitrogen and oxygen atoms in total. The Balaban J connectivity index is 2.99. The number of rotatable bonds is 3. The molecule has 15 heavy (non-hydrogen) atoms. The molecule has 0 radical (unpaired) electrons. The van der Waals surface area contributed by atoms with Gasteiger partial charge in [0.2, 0.25) is 0 Å². The highest BCUT2D eigenvalue weighted by atomic mass is 79.9. The van der Waals surface area contributed by atoms with Gasteiger partial charge in [-0.3, -0.25) is 0 Å². The van der Waals surface area contributed by atoms with Crippen LogP contribution in [0.3, 0.4) is 0 Å². The molecule has 1 aromatic carbocycles. The topological polar surface area (TPSA) is 63.3 Å². The van der Waals surface area contributed by atoms with E-state index in [2.05, 4.69) is 15.9 Å². The number of carbonyl (C=O) groups is 1. The Kier molecular flexibility index (Phi) is 3.41. The van der Waals surface area contributed by atoms with Crippen molar-refractivity contribution in [2.75, 3.05) is 0 Å². The quantitative estimate of drug-likeness (QED) is 0.891. The van der Waals surface area contributed by atoms with Crippen molar-refractivity contribution in [3.8, 4) is 0 Å². The number of nitrogens with two attached hydrogens (primary N) is 1. The van der Waals surface area contributed by atoms with Crippen molar-refractivity contribution in [3.63, 3.8) is 0 Å². The van der Waals surface area contributed by atoms with Gasteiger partial charge in [0.05, 0.1) is 0 Å². The fourth-order valence-corrected chi connectivity index (χ4v) is 1.28. The lowest BCUT2D eigenvalue weighted by molar-refractivity contribution is -0.168. The minimum absolute atomic E-state index is 0.0746. The van der Waals surface area contributed by atoms with Crippen LogP contribution in [0.25, 0.3) is 0 Å². The lowest BCUT2D eigenvalue weighted by Gasteiger charge is -2.19. The van der Waals surface area contributed by atoms with Gasteiger partial charge in [-0.15, -0.1) is 0 Å². The number of alkyl halides is 2. The smallest absolute Gasteiger partial charge is 0.376 e. The van der Waals surface area contributed by atoms with Gasteiger partial charge in [-0.05, 0) is 17.7 Å². The van der Waals surface area contributed by atoms with E-state index in [1.54, 1.807) is 0 Å². The summed E-state index contributed by atoms with van der Waals surface area (Å²) in [7, 11) is 0. The Morgan fingerprint density at radius 1 is 1.40 bits per heavy atom. The first kappa shape index (κ1) is 12.1. The van der Waals surface area contributed by atoms with E-state index >= 15 is 0 Å². The largest absolute Gasteiger partial charge is 0.477 e. The third kappa shape index (κ3) is 2.51. The van der Waals surface area contributed by atoms with Gasteiger partial charge in [0.15, 0.2) is 0 Å². The van der Waals surface area contributed by atoms with Crippen molar-refractivity contribution in [2.45, 2.75) is 12.0 Å². The summed E-state index contributed by atoms with van der Waals surface area (Å²) in [5, 5.41) is 8.29. The molecule has 0 aromatic heterocycles. The molecular formula is C9H8BrF2NO2. The Bertz CT molecular complexity index is 367. The lowest BCUT2D eigenvalue weighted by atomic mass is 10.0. The monoisotopic (exact) mass is 279 g/mol. The molecule has 3 N–H and O–H groups in total. The summed E-state index contributed by atoms with van der Waals surface area (Å²) in [6, 6.07) is 3.90. The Hall–Kier alpha value is -1.01. The van der Waals surface area contributed by atoms with Crippen LogP contribution in [0.4, 0.5) is 8.78 Å². The molecule has 0 fully saturated rings. The normalized spacial score (nSPS) is 13.6. The van der Waals surface area contributed by atoms with Gasteiger partial charge < -0.3 is 10.8 Å². The van der Waals surface area contributed by atoms with E-state index in [0.717, 1.165) is 0 Å². The Morgan fingerprint density at radius 2 is 1.87 bits per heavy atom. The molecular weight excluding hydrogens is 272 g/mol.